The molecule has 0 unspecified atom stereocenters. The summed E-state index contributed by atoms with van der Waals surface area (Å²) in [4.78, 5) is 37.2. The lowest BCUT2D eigenvalue weighted by Gasteiger charge is -2.20. The van der Waals surface area contributed by atoms with Crippen molar-refractivity contribution in [3.63, 3.8) is 0 Å². The first-order valence-electron chi connectivity index (χ1n) is 11.5. The average Bonchev–Trinajstić information content (AvgIpc) is 2.84. The molecule has 0 bridgehead atoms. The van der Waals surface area contributed by atoms with Gasteiger partial charge in [0.05, 0.1) is 10.6 Å². The second-order valence-electron chi connectivity index (χ2n) is 8.58. The van der Waals surface area contributed by atoms with Crippen LogP contribution in [0, 0.1) is 5.92 Å². The summed E-state index contributed by atoms with van der Waals surface area (Å²) in [6.07, 6.45) is 5.20. The lowest BCUT2D eigenvalue weighted by molar-refractivity contribution is -0.120. The molecule has 0 spiro atoms. The van der Waals surface area contributed by atoms with E-state index in [0.717, 1.165) is 25.7 Å². The molecule has 4 N–H and O–H groups in total. The van der Waals surface area contributed by atoms with Crippen LogP contribution in [0.5, 0.6) is 5.75 Å². The summed E-state index contributed by atoms with van der Waals surface area (Å²) in [5.74, 6) is -0.168. The highest BCUT2D eigenvalue weighted by Crippen LogP contribution is 2.27. The van der Waals surface area contributed by atoms with Crippen LogP contribution in [0.3, 0.4) is 0 Å². The number of nitrogens with one attached hydrogen (secondary N) is 4. The van der Waals surface area contributed by atoms with Gasteiger partial charge in [0.2, 0.25) is 5.91 Å². The Labute approximate surface area is 218 Å². The van der Waals surface area contributed by atoms with Crippen molar-refractivity contribution in [3.8, 4) is 5.75 Å². The molecule has 10 heteroatoms. The summed E-state index contributed by atoms with van der Waals surface area (Å²) in [5.41, 5.74) is 6.35. The summed E-state index contributed by atoms with van der Waals surface area (Å²) in [6, 6.07) is 11.5. The molecule has 1 saturated carbocycles. The average molecular weight is 562 g/mol. The molecule has 0 heterocycles. The molecule has 1 aliphatic rings. The third kappa shape index (κ3) is 8.03. The Hall–Kier alpha value is -2.98. The van der Waals surface area contributed by atoms with Gasteiger partial charge in [-0.3, -0.25) is 30.6 Å². The summed E-state index contributed by atoms with van der Waals surface area (Å²) in [6.45, 7) is 3.83. The molecule has 8 nitrogen and oxygen atoms in total. The molecule has 0 aliphatic heterocycles. The Kier molecular flexibility index (Phi) is 9.62. The molecule has 3 rings (SSSR count). The lowest BCUT2D eigenvalue weighted by Crippen LogP contribution is -2.48. The Bertz CT molecular complexity index is 1090. The molecular formula is C25H29BrN4O4S. The van der Waals surface area contributed by atoms with Gasteiger partial charge < -0.3 is 10.1 Å². The summed E-state index contributed by atoms with van der Waals surface area (Å²) >= 11 is 8.49. The van der Waals surface area contributed by atoms with Crippen molar-refractivity contribution in [1.29, 1.82) is 0 Å². The minimum atomic E-state index is -0.440. The molecular weight excluding hydrogens is 532 g/mol. The number of ether oxygens (including phenoxy) is 1. The number of rotatable bonds is 6. The van der Waals surface area contributed by atoms with Crippen molar-refractivity contribution >= 4 is 56.7 Å². The zero-order valence-corrected chi connectivity index (χ0v) is 22.1. The van der Waals surface area contributed by atoms with Gasteiger partial charge in [-0.05, 0) is 97.3 Å². The first kappa shape index (κ1) is 26.6. The molecule has 1 aliphatic carbocycles. The van der Waals surface area contributed by atoms with Gasteiger partial charge in [0.25, 0.3) is 11.8 Å². The van der Waals surface area contributed by atoms with Gasteiger partial charge in [-0.15, -0.1) is 0 Å². The fraction of sp³-hybridized carbons (Fsp3) is 0.360. The van der Waals surface area contributed by atoms with Crippen LogP contribution in [0.25, 0.3) is 0 Å². The Morgan fingerprint density at radius 3 is 2.23 bits per heavy atom. The number of halogens is 1. The number of hydrogen-bond donors (Lipinski definition) is 4. The van der Waals surface area contributed by atoms with Gasteiger partial charge in [-0.1, -0.05) is 19.3 Å². The normalized spacial score (nSPS) is 13.6. The van der Waals surface area contributed by atoms with E-state index in [1.54, 1.807) is 42.5 Å². The van der Waals surface area contributed by atoms with E-state index in [4.69, 9.17) is 17.0 Å². The minimum Gasteiger partial charge on any atom is -0.490 e. The maximum absolute atomic E-state index is 12.4. The second kappa shape index (κ2) is 12.6. The van der Waals surface area contributed by atoms with E-state index in [-0.39, 0.29) is 23.0 Å². The third-order valence-corrected chi connectivity index (χ3v) is 6.29. The van der Waals surface area contributed by atoms with Crippen molar-refractivity contribution in [2.24, 2.45) is 5.92 Å². The van der Waals surface area contributed by atoms with E-state index in [9.17, 15) is 14.4 Å². The fourth-order valence-corrected chi connectivity index (χ4v) is 4.31. The van der Waals surface area contributed by atoms with Gasteiger partial charge >= 0.3 is 0 Å². The first-order valence-corrected chi connectivity index (χ1v) is 12.7. The fourth-order valence-electron chi connectivity index (χ4n) is 3.70. The molecule has 0 radical (unpaired) electrons. The van der Waals surface area contributed by atoms with Crippen molar-refractivity contribution in [2.75, 3.05) is 5.32 Å². The zero-order chi connectivity index (χ0) is 25.4. The van der Waals surface area contributed by atoms with E-state index < -0.39 is 11.8 Å². The van der Waals surface area contributed by atoms with Gasteiger partial charge in [0.15, 0.2) is 5.11 Å². The SMILES string of the molecule is CC(C)Oc1ccc(C(=O)NC(=S)NNC(=O)c2ccc(NC(=O)C3CCCCC3)cc2)cc1Br. The van der Waals surface area contributed by atoms with Gasteiger partial charge in [0, 0.05) is 22.7 Å². The van der Waals surface area contributed by atoms with Crippen molar-refractivity contribution < 1.29 is 19.1 Å². The number of thiocarbonyl (C=S) groups is 1. The van der Waals surface area contributed by atoms with Crippen LogP contribution >= 0.6 is 28.1 Å². The van der Waals surface area contributed by atoms with E-state index in [0.29, 0.717) is 27.0 Å². The largest absolute Gasteiger partial charge is 0.490 e. The summed E-state index contributed by atoms with van der Waals surface area (Å²) in [7, 11) is 0. The molecule has 186 valence electrons. The number of carbonyl (C=O) groups excluding carboxylic acids is 3. The van der Waals surface area contributed by atoms with E-state index in [1.807, 2.05) is 13.8 Å². The minimum absolute atomic E-state index is 0.00266. The highest BCUT2D eigenvalue weighted by Gasteiger charge is 2.21. The first-order chi connectivity index (χ1) is 16.7. The second-order valence-corrected chi connectivity index (χ2v) is 9.84. The van der Waals surface area contributed by atoms with Crippen LogP contribution in [-0.2, 0) is 4.79 Å². The van der Waals surface area contributed by atoms with Crippen LogP contribution in [0.1, 0.15) is 66.7 Å². The van der Waals surface area contributed by atoms with Crippen LogP contribution in [0.15, 0.2) is 46.9 Å². The van der Waals surface area contributed by atoms with Crippen LogP contribution < -0.4 is 26.2 Å². The number of anilines is 1. The monoisotopic (exact) mass is 560 g/mol. The van der Waals surface area contributed by atoms with Crippen molar-refractivity contribution in [2.45, 2.75) is 52.1 Å². The smallest absolute Gasteiger partial charge is 0.269 e. The van der Waals surface area contributed by atoms with E-state index >= 15 is 0 Å². The summed E-state index contributed by atoms with van der Waals surface area (Å²) in [5, 5.41) is 5.37. The molecule has 1 fully saturated rings. The van der Waals surface area contributed by atoms with E-state index in [2.05, 4.69) is 37.4 Å². The Balaban J connectivity index is 1.46. The standard InChI is InChI=1S/C25H29BrN4O4S/c1-15(2)34-21-13-10-18(14-20(21)26)23(32)28-25(35)30-29-24(33)17-8-11-19(12-9-17)27-22(31)16-6-4-3-5-7-16/h8-16H,3-7H2,1-2H3,(H,27,31)(H,29,33)(H2,28,30,32,35). The van der Waals surface area contributed by atoms with Gasteiger partial charge in [-0.25, -0.2) is 0 Å². The lowest BCUT2D eigenvalue weighted by atomic mass is 9.88. The maximum atomic E-state index is 12.4. The topological polar surface area (TPSA) is 109 Å². The summed E-state index contributed by atoms with van der Waals surface area (Å²) < 4.78 is 6.28. The maximum Gasteiger partial charge on any atom is 0.269 e. The predicted molar refractivity (Wildman–Crippen MR) is 142 cm³/mol. The molecule has 0 aromatic heterocycles. The zero-order valence-electron chi connectivity index (χ0n) is 19.7. The number of hydrogen-bond acceptors (Lipinski definition) is 5. The number of benzene rings is 2. The number of carbonyl (C=O) groups is 3. The third-order valence-electron chi connectivity index (χ3n) is 5.46. The van der Waals surface area contributed by atoms with Gasteiger partial charge in [0.1, 0.15) is 5.75 Å². The number of hydrazine groups is 1. The molecule has 2 aromatic carbocycles. The highest BCUT2D eigenvalue weighted by atomic mass is 79.9. The molecule has 35 heavy (non-hydrogen) atoms. The predicted octanol–water partition coefficient (Wildman–Crippen LogP) is 4.70. The Morgan fingerprint density at radius 1 is 0.943 bits per heavy atom. The van der Waals surface area contributed by atoms with Crippen LogP contribution in [0.2, 0.25) is 0 Å². The molecule has 0 saturated heterocycles. The van der Waals surface area contributed by atoms with E-state index in [1.165, 1.54) is 6.42 Å². The Morgan fingerprint density at radius 2 is 1.60 bits per heavy atom. The quantitative estimate of drug-likeness (QED) is 0.301. The molecule has 0 atom stereocenters. The van der Waals surface area contributed by atoms with Crippen LogP contribution in [0.4, 0.5) is 5.69 Å². The molecule has 2 aromatic rings. The number of amides is 3. The highest BCUT2D eigenvalue weighted by molar-refractivity contribution is 9.10. The van der Waals surface area contributed by atoms with Crippen molar-refractivity contribution in [3.05, 3.63) is 58.1 Å². The van der Waals surface area contributed by atoms with Crippen molar-refractivity contribution in [1.82, 2.24) is 16.2 Å². The molecule has 3 amide bonds. The van der Waals surface area contributed by atoms with Gasteiger partial charge in [-0.2, -0.15) is 0 Å². The van der Waals surface area contributed by atoms with Crippen LogP contribution in [-0.4, -0.2) is 28.9 Å².